The number of benzene rings is 1. The molecule has 0 aromatic heterocycles. The fraction of sp³-hybridized carbons (Fsp3) is 0.571. The van der Waals surface area contributed by atoms with Gasteiger partial charge in [-0.05, 0) is 24.6 Å². The third-order valence-corrected chi connectivity index (χ3v) is 3.32. The van der Waals surface area contributed by atoms with Crippen molar-refractivity contribution >= 4 is 12.4 Å². The molecule has 1 aliphatic heterocycles. The molecule has 0 unspecified atom stereocenters. The van der Waals surface area contributed by atoms with E-state index in [1.807, 2.05) is 25.1 Å². The summed E-state index contributed by atoms with van der Waals surface area (Å²) in [5.74, 6) is 0.878. The molecule has 1 atom stereocenters. The molecule has 108 valence electrons. The Bertz CT molecular complexity index is 370. The normalized spacial score (nSPS) is 17.6. The first-order chi connectivity index (χ1) is 8.85. The van der Waals surface area contributed by atoms with Gasteiger partial charge in [0.15, 0.2) is 0 Å². The summed E-state index contributed by atoms with van der Waals surface area (Å²) in [6.45, 7) is 6.72. The van der Waals surface area contributed by atoms with E-state index in [4.69, 9.17) is 4.74 Å². The fourth-order valence-corrected chi connectivity index (χ4v) is 2.40. The van der Waals surface area contributed by atoms with Crippen LogP contribution < -0.4 is 10.1 Å². The third kappa shape index (κ3) is 4.35. The van der Waals surface area contributed by atoms with Gasteiger partial charge in [-0.15, -0.1) is 12.4 Å². The fourth-order valence-electron chi connectivity index (χ4n) is 2.40. The van der Waals surface area contributed by atoms with Crippen LogP contribution in [0.5, 0.6) is 5.75 Å². The molecule has 1 fully saturated rings. The number of nitrogens with one attached hydrogen (secondary N) is 1. The third-order valence-electron chi connectivity index (χ3n) is 3.32. The Labute approximate surface area is 121 Å². The Morgan fingerprint density at radius 2 is 2.11 bits per heavy atom. The topological polar surface area (TPSA) is 44.7 Å². The smallest absolute Gasteiger partial charge is 0.119 e. The van der Waals surface area contributed by atoms with Gasteiger partial charge in [-0.25, -0.2) is 0 Å². The number of hydrogen-bond acceptors (Lipinski definition) is 4. The lowest BCUT2D eigenvalue weighted by Crippen LogP contribution is -2.46. The first-order valence-corrected chi connectivity index (χ1v) is 6.63. The highest BCUT2D eigenvalue weighted by molar-refractivity contribution is 5.85. The van der Waals surface area contributed by atoms with Crippen LogP contribution in [0.15, 0.2) is 24.3 Å². The van der Waals surface area contributed by atoms with Crippen molar-refractivity contribution in [1.29, 1.82) is 0 Å². The SMILES string of the molecule is CCOc1cccc([C@@H](CO)N2CCNCC2)c1.Cl. The number of halogens is 1. The summed E-state index contributed by atoms with van der Waals surface area (Å²) in [5, 5.41) is 13.0. The average molecular weight is 287 g/mol. The molecule has 4 nitrogen and oxygen atoms in total. The molecule has 2 rings (SSSR count). The van der Waals surface area contributed by atoms with E-state index >= 15 is 0 Å². The molecule has 0 bridgehead atoms. The number of nitrogens with zero attached hydrogens (tertiary/aromatic N) is 1. The Morgan fingerprint density at radius 1 is 1.37 bits per heavy atom. The number of aliphatic hydroxyl groups excluding tert-OH is 1. The van der Waals surface area contributed by atoms with Crippen LogP contribution in [0.4, 0.5) is 0 Å². The second kappa shape index (κ2) is 8.38. The van der Waals surface area contributed by atoms with Gasteiger partial charge in [0.25, 0.3) is 0 Å². The Balaban J connectivity index is 0.00000180. The van der Waals surface area contributed by atoms with Crippen LogP contribution in [0.2, 0.25) is 0 Å². The molecular weight excluding hydrogens is 264 g/mol. The van der Waals surface area contributed by atoms with Crippen LogP contribution in [0, 0.1) is 0 Å². The summed E-state index contributed by atoms with van der Waals surface area (Å²) < 4.78 is 5.52. The zero-order valence-electron chi connectivity index (χ0n) is 11.3. The summed E-state index contributed by atoms with van der Waals surface area (Å²) in [5.41, 5.74) is 1.13. The maximum atomic E-state index is 9.65. The minimum absolute atomic E-state index is 0. The summed E-state index contributed by atoms with van der Waals surface area (Å²) in [7, 11) is 0. The van der Waals surface area contributed by atoms with Crippen LogP contribution >= 0.6 is 12.4 Å². The highest BCUT2D eigenvalue weighted by Crippen LogP contribution is 2.24. The molecule has 0 spiro atoms. The van der Waals surface area contributed by atoms with Crippen molar-refractivity contribution in [3.05, 3.63) is 29.8 Å². The van der Waals surface area contributed by atoms with Gasteiger partial charge >= 0.3 is 0 Å². The summed E-state index contributed by atoms with van der Waals surface area (Å²) in [6, 6.07) is 8.12. The molecule has 0 amide bonds. The number of rotatable bonds is 5. The largest absolute Gasteiger partial charge is 0.494 e. The van der Waals surface area contributed by atoms with Gasteiger partial charge in [0.2, 0.25) is 0 Å². The summed E-state index contributed by atoms with van der Waals surface area (Å²) in [6.07, 6.45) is 0. The second-order valence-electron chi connectivity index (χ2n) is 4.49. The van der Waals surface area contributed by atoms with Gasteiger partial charge < -0.3 is 15.2 Å². The lowest BCUT2D eigenvalue weighted by atomic mass is 10.0. The molecule has 19 heavy (non-hydrogen) atoms. The van der Waals surface area contributed by atoms with Crippen molar-refractivity contribution in [2.24, 2.45) is 0 Å². The van der Waals surface area contributed by atoms with Gasteiger partial charge in [-0.3, -0.25) is 4.90 Å². The first kappa shape index (κ1) is 16.2. The van der Waals surface area contributed by atoms with Crippen molar-refractivity contribution < 1.29 is 9.84 Å². The van der Waals surface area contributed by atoms with Crippen LogP contribution in [-0.2, 0) is 0 Å². The predicted octanol–water partition coefficient (Wildman–Crippen LogP) is 1.45. The van der Waals surface area contributed by atoms with Crippen LogP contribution in [-0.4, -0.2) is 49.4 Å². The molecule has 1 heterocycles. The molecule has 0 aliphatic carbocycles. The molecule has 2 N–H and O–H groups in total. The molecular formula is C14H23ClN2O2. The maximum absolute atomic E-state index is 9.65. The number of piperazine rings is 1. The molecule has 1 aromatic rings. The average Bonchev–Trinajstić information content (AvgIpc) is 2.42. The van der Waals surface area contributed by atoms with E-state index in [1.165, 1.54) is 0 Å². The van der Waals surface area contributed by atoms with E-state index in [2.05, 4.69) is 16.3 Å². The Morgan fingerprint density at radius 3 is 2.74 bits per heavy atom. The quantitative estimate of drug-likeness (QED) is 0.860. The lowest BCUT2D eigenvalue weighted by molar-refractivity contribution is 0.110. The molecule has 1 saturated heterocycles. The molecule has 1 aromatic carbocycles. The van der Waals surface area contributed by atoms with Gasteiger partial charge in [0.05, 0.1) is 19.3 Å². The van der Waals surface area contributed by atoms with E-state index in [0.717, 1.165) is 37.5 Å². The lowest BCUT2D eigenvalue weighted by Gasteiger charge is -2.34. The molecule has 1 aliphatic rings. The zero-order valence-corrected chi connectivity index (χ0v) is 12.2. The monoisotopic (exact) mass is 286 g/mol. The zero-order chi connectivity index (χ0) is 12.8. The van der Waals surface area contributed by atoms with Crippen molar-refractivity contribution in [3.63, 3.8) is 0 Å². The predicted molar refractivity (Wildman–Crippen MR) is 79.1 cm³/mol. The number of aliphatic hydroxyl groups is 1. The standard InChI is InChI=1S/C14H22N2O2.ClH/c1-2-18-13-5-3-4-12(10-13)14(11-17)16-8-6-15-7-9-16;/h3-5,10,14-15,17H,2,6-9,11H2,1H3;1H/t14-;/m1./s1. The van der Waals surface area contributed by atoms with Crippen molar-refractivity contribution in [3.8, 4) is 5.75 Å². The summed E-state index contributed by atoms with van der Waals surface area (Å²) >= 11 is 0. The Hall–Kier alpha value is -0.810. The summed E-state index contributed by atoms with van der Waals surface area (Å²) in [4.78, 5) is 2.32. The molecule has 0 saturated carbocycles. The highest BCUT2D eigenvalue weighted by atomic mass is 35.5. The van der Waals surface area contributed by atoms with Crippen molar-refractivity contribution in [2.45, 2.75) is 13.0 Å². The minimum atomic E-state index is 0. The molecule has 0 radical (unpaired) electrons. The number of hydrogen-bond donors (Lipinski definition) is 2. The van der Waals surface area contributed by atoms with E-state index in [9.17, 15) is 5.11 Å². The first-order valence-electron chi connectivity index (χ1n) is 6.63. The van der Waals surface area contributed by atoms with Gasteiger partial charge in [-0.1, -0.05) is 12.1 Å². The van der Waals surface area contributed by atoms with Crippen LogP contribution in [0.1, 0.15) is 18.5 Å². The highest BCUT2D eigenvalue weighted by Gasteiger charge is 2.21. The molecule has 5 heteroatoms. The number of ether oxygens (including phenoxy) is 1. The second-order valence-corrected chi connectivity index (χ2v) is 4.49. The van der Waals surface area contributed by atoms with Gasteiger partial charge in [0.1, 0.15) is 5.75 Å². The minimum Gasteiger partial charge on any atom is -0.494 e. The van der Waals surface area contributed by atoms with E-state index in [0.29, 0.717) is 6.61 Å². The van der Waals surface area contributed by atoms with Crippen LogP contribution in [0.25, 0.3) is 0 Å². The van der Waals surface area contributed by atoms with Crippen molar-refractivity contribution in [1.82, 2.24) is 10.2 Å². The Kier molecular flexibility index (Phi) is 7.16. The van der Waals surface area contributed by atoms with Crippen LogP contribution in [0.3, 0.4) is 0 Å². The van der Waals surface area contributed by atoms with E-state index < -0.39 is 0 Å². The van der Waals surface area contributed by atoms with Gasteiger partial charge in [0, 0.05) is 26.2 Å². The van der Waals surface area contributed by atoms with Gasteiger partial charge in [-0.2, -0.15) is 0 Å². The van der Waals surface area contributed by atoms with Crippen molar-refractivity contribution in [2.75, 3.05) is 39.4 Å². The van der Waals surface area contributed by atoms with E-state index in [1.54, 1.807) is 0 Å². The maximum Gasteiger partial charge on any atom is 0.119 e. The van der Waals surface area contributed by atoms with E-state index in [-0.39, 0.29) is 25.1 Å².